The highest BCUT2D eigenvalue weighted by Crippen LogP contribution is 2.08. The van der Waals surface area contributed by atoms with Crippen molar-refractivity contribution in [2.24, 2.45) is 0 Å². The van der Waals surface area contributed by atoms with Gasteiger partial charge in [0.1, 0.15) is 0 Å². The molecule has 0 N–H and O–H groups in total. The van der Waals surface area contributed by atoms with E-state index in [1.54, 1.807) is 0 Å². The van der Waals surface area contributed by atoms with E-state index in [1.807, 2.05) is 0 Å². The molecular weight excluding hydrogens is 114 g/mol. The van der Waals surface area contributed by atoms with Crippen molar-refractivity contribution >= 4 is 0 Å². The summed E-state index contributed by atoms with van der Waals surface area (Å²) in [7, 11) is 3.88. The molecule has 0 aromatic heterocycles. The third-order valence-electron chi connectivity index (χ3n) is 1.74. The molecular formula is C7H14NO. The van der Waals surface area contributed by atoms with E-state index in [1.165, 1.54) is 0 Å². The Balaban J connectivity index is 2.35. The van der Waals surface area contributed by atoms with Crippen LogP contribution in [0, 0.1) is 7.05 Å². The highest BCUT2D eigenvalue weighted by Gasteiger charge is 2.19. The Kier molecular flexibility index (Phi) is 2.09. The number of hydrogen-bond acceptors (Lipinski definition) is 2. The van der Waals surface area contributed by atoms with Crippen molar-refractivity contribution in [3.8, 4) is 0 Å². The Morgan fingerprint density at radius 2 is 2.22 bits per heavy atom. The van der Waals surface area contributed by atoms with E-state index in [0.29, 0.717) is 12.1 Å². The summed E-state index contributed by atoms with van der Waals surface area (Å²) >= 11 is 0. The molecule has 2 heteroatoms. The van der Waals surface area contributed by atoms with Gasteiger partial charge < -0.3 is 4.74 Å². The largest absolute Gasteiger partial charge is 0.376 e. The summed E-state index contributed by atoms with van der Waals surface area (Å²) in [5.41, 5.74) is 0. The third-order valence-corrected chi connectivity index (χ3v) is 1.74. The molecule has 1 aliphatic heterocycles. The van der Waals surface area contributed by atoms with Crippen LogP contribution in [0.4, 0.5) is 0 Å². The highest BCUT2D eigenvalue weighted by atomic mass is 16.5. The lowest BCUT2D eigenvalue weighted by atomic mass is 10.2. The maximum Gasteiger partial charge on any atom is 0.0674 e. The fourth-order valence-corrected chi connectivity index (χ4v) is 0.972. The van der Waals surface area contributed by atoms with E-state index in [9.17, 15) is 0 Å². The number of ether oxygens (including phenoxy) is 1. The highest BCUT2D eigenvalue weighted by molar-refractivity contribution is 4.73. The van der Waals surface area contributed by atoms with Crippen molar-refractivity contribution in [3.63, 3.8) is 0 Å². The van der Waals surface area contributed by atoms with Crippen LogP contribution in [0.25, 0.3) is 0 Å². The van der Waals surface area contributed by atoms with Crippen molar-refractivity contribution in [1.29, 1.82) is 0 Å². The first kappa shape index (κ1) is 7.03. The molecule has 1 saturated heterocycles. The SMILES string of the molecule is [CH2]N1CC(C)OCC1C. The molecule has 0 aromatic rings. The zero-order chi connectivity index (χ0) is 6.85. The van der Waals surface area contributed by atoms with Crippen LogP contribution in [-0.2, 0) is 4.74 Å². The van der Waals surface area contributed by atoms with Crippen molar-refractivity contribution in [3.05, 3.63) is 7.05 Å². The lowest BCUT2D eigenvalue weighted by Crippen LogP contribution is -2.43. The molecule has 2 atom stereocenters. The summed E-state index contributed by atoms with van der Waals surface area (Å²) < 4.78 is 5.38. The molecule has 9 heavy (non-hydrogen) atoms. The molecule has 1 heterocycles. The van der Waals surface area contributed by atoms with Crippen LogP contribution in [0.5, 0.6) is 0 Å². The minimum Gasteiger partial charge on any atom is -0.376 e. The van der Waals surface area contributed by atoms with Gasteiger partial charge in [0.05, 0.1) is 12.7 Å². The van der Waals surface area contributed by atoms with Crippen LogP contribution < -0.4 is 0 Å². The Morgan fingerprint density at radius 3 is 2.67 bits per heavy atom. The molecule has 1 rings (SSSR count). The average Bonchev–Trinajstić information content (AvgIpc) is 1.80. The second kappa shape index (κ2) is 2.67. The molecule has 53 valence electrons. The fraction of sp³-hybridized carbons (Fsp3) is 0.857. The van der Waals surface area contributed by atoms with E-state index in [-0.39, 0.29) is 0 Å². The smallest absolute Gasteiger partial charge is 0.0674 e. The predicted octanol–water partition coefficient (Wildman–Crippen LogP) is 0.887. The first-order chi connectivity index (χ1) is 4.20. The Labute approximate surface area is 56.8 Å². The van der Waals surface area contributed by atoms with Crippen LogP contribution in [-0.4, -0.2) is 30.2 Å². The van der Waals surface area contributed by atoms with Crippen LogP contribution in [0.2, 0.25) is 0 Å². The standard InChI is InChI=1S/C7H14NO/c1-6-5-9-7(2)4-8(6)3/h6-7H,3-5H2,1-2H3. The maximum atomic E-state index is 5.38. The van der Waals surface area contributed by atoms with Crippen molar-refractivity contribution in [2.75, 3.05) is 13.2 Å². The van der Waals surface area contributed by atoms with Gasteiger partial charge in [-0.3, -0.25) is 4.90 Å². The summed E-state index contributed by atoms with van der Waals surface area (Å²) in [6.45, 7) is 5.98. The number of nitrogens with zero attached hydrogens (tertiary/aromatic N) is 1. The van der Waals surface area contributed by atoms with E-state index < -0.39 is 0 Å². The maximum absolute atomic E-state index is 5.38. The van der Waals surface area contributed by atoms with Crippen LogP contribution in [0.3, 0.4) is 0 Å². The van der Waals surface area contributed by atoms with Crippen LogP contribution >= 0.6 is 0 Å². The van der Waals surface area contributed by atoms with Gasteiger partial charge in [-0.25, -0.2) is 0 Å². The van der Waals surface area contributed by atoms with E-state index in [4.69, 9.17) is 4.74 Å². The van der Waals surface area contributed by atoms with Crippen molar-refractivity contribution < 1.29 is 4.74 Å². The summed E-state index contributed by atoms with van der Waals surface area (Å²) in [4.78, 5) is 2.08. The van der Waals surface area contributed by atoms with Gasteiger partial charge in [0, 0.05) is 19.6 Å². The lowest BCUT2D eigenvalue weighted by molar-refractivity contribution is -0.0318. The van der Waals surface area contributed by atoms with Gasteiger partial charge in [-0.15, -0.1) is 0 Å². The van der Waals surface area contributed by atoms with Crippen molar-refractivity contribution in [1.82, 2.24) is 4.90 Å². The quantitative estimate of drug-likeness (QED) is 0.480. The Morgan fingerprint density at radius 1 is 1.56 bits per heavy atom. The van der Waals surface area contributed by atoms with E-state index >= 15 is 0 Å². The molecule has 0 aromatic carbocycles. The normalized spacial score (nSPS) is 39.0. The van der Waals surface area contributed by atoms with Crippen molar-refractivity contribution in [2.45, 2.75) is 26.0 Å². The van der Waals surface area contributed by atoms with Crippen LogP contribution in [0.15, 0.2) is 0 Å². The molecule has 0 spiro atoms. The minimum absolute atomic E-state index is 0.360. The molecule has 2 nitrogen and oxygen atoms in total. The summed E-state index contributed by atoms with van der Waals surface area (Å²) in [6, 6.07) is 0.487. The zero-order valence-electron chi connectivity index (χ0n) is 6.13. The van der Waals surface area contributed by atoms with Gasteiger partial charge in [-0.1, -0.05) is 0 Å². The molecule has 1 fully saturated rings. The van der Waals surface area contributed by atoms with Gasteiger partial charge in [0.2, 0.25) is 0 Å². The van der Waals surface area contributed by atoms with Gasteiger partial charge >= 0.3 is 0 Å². The number of rotatable bonds is 0. The number of hydrogen-bond donors (Lipinski definition) is 0. The average molecular weight is 128 g/mol. The minimum atomic E-state index is 0.360. The molecule has 0 aliphatic carbocycles. The molecule has 1 radical (unpaired) electrons. The molecule has 0 amide bonds. The zero-order valence-corrected chi connectivity index (χ0v) is 6.13. The van der Waals surface area contributed by atoms with Gasteiger partial charge in [0.15, 0.2) is 0 Å². The first-order valence-electron chi connectivity index (χ1n) is 3.39. The molecule has 1 aliphatic rings. The summed E-state index contributed by atoms with van der Waals surface area (Å²) in [5.74, 6) is 0. The second-order valence-electron chi connectivity index (χ2n) is 2.76. The van der Waals surface area contributed by atoms with Gasteiger partial charge in [0.25, 0.3) is 0 Å². The molecule has 0 saturated carbocycles. The second-order valence-corrected chi connectivity index (χ2v) is 2.76. The Bertz CT molecular complexity index is 94.9. The van der Waals surface area contributed by atoms with Gasteiger partial charge in [-0.2, -0.15) is 0 Å². The predicted molar refractivity (Wildman–Crippen MR) is 36.9 cm³/mol. The summed E-state index contributed by atoms with van der Waals surface area (Å²) in [6.07, 6.45) is 0.360. The third kappa shape index (κ3) is 1.66. The molecule has 2 unspecified atom stereocenters. The number of morpholine rings is 1. The monoisotopic (exact) mass is 128 g/mol. The van der Waals surface area contributed by atoms with E-state index in [0.717, 1.165) is 13.2 Å². The Hall–Kier alpha value is -0.0800. The van der Waals surface area contributed by atoms with E-state index in [2.05, 4.69) is 25.8 Å². The lowest BCUT2D eigenvalue weighted by Gasteiger charge is -2.33. The topological polar surface area (TPSA) is 12.5 Å². The first-order valence-corrected chi connectivity index (χ1v) is 3.39. The summed E-state index contributed by atoms with van der Waals surface area (Å²) in [5, 5.41) is 0. The fourth-order valence-electron chi connectivity index (χ4n) is 0.972. The van der Waals surface area contributed by atoms with Gasteiger partial charge in [-0.05, 0) is 13.8 Å². The molecule has 0 bridgehead atoms. The van der Waals surface area contributed by atoms with Crippen LogP contribution in [0.1, 0.15) is 13.8 Å².